The van der Waals surface area contributed by atoms with Gasteiger partial charge in [-0.3, -0.25) is 18.6 Å². The van der Waals surface area contributed by atoms with Crippen LogP contribution in [0.1, 0.15) is 26.3 Å². The molecule has 1 aromatic rings. The smallest absolute Gasteiger partial charge is 0.303 e. The van der Waals surface area contributed by atoms with E-state index in [-0.39, 0.29) is 13.2 Å². The molecule has 2 rings (SSSR count). The lowest BCUT2D eigenvalue weighted by molar-refractivity contribution is -0.238. The molecular weight excluding hydrogens is 440 g/mol. The quantitative estimate of drug-likeness (QED) is 0.304. The van der Waals surface area contributed by atoms with E-state index < -0.39 is 58.6 Å². The van der Waals surface area contributed by atoms with Crippen LogP contribution in [0.25, 0.3) is 0 Å². The lowest BCUT2D eigenvalue weighted by atomic mass is 9.99. The summed E-state index contributed by atoms with van der Waals surface area (Å²) in [6, 6.07) is 6.94. The van der Waals surface area contributed by atoms with Crippen LogP contribution in [0, 0.1) is 6.92 Å². The summed E-state index contributed by atoms with van der Waals surface area (Å²) in [6.07, 6.45) is -2.86. The molecule has 0 spiro atoms. The van der Waals surface area contributed by atoms with Gasteiger partial charge in [0.05, 0.1) is 17.4 Å². The highest BCUT2D eigenvalue weighted by atomic mass is 32.2. The van der Waals surface area contributed by atoms with Crippen LogP contribution in [0.5, 0.6) is 0 Å². The average molecular weight is 469 g/mol. The zero-order valence-corrected chi connectivity index (χ0v) is 19.3. The van der Waals surface area contributed by atoms with E-state index in [2.05, 4.69) is 6.58 Å². The number of aryl methyl sites for hydroxylation is 1. The standard InChI is InChI=1S/C22H28O9S/c1-6-11-27-20-19(29-15(4)24)18(12-28-14(3)23)31-22(21(20)30-16(5)25)32(26)17-9-7-13(2)8-10-17/h6-10,18-22H,1,11-12H2,2-5H3/t18-,19-,20+,21-,22+,32?/m1/s1. The number of benzene rings is 1. The van der Waals surface area contributed by atoms with Crippen LogP contribution in [-0.2, 0) is 48.9 Å². The summed E-state index contributed by atoms with van der Waals surface area (Å²) < 4.78 is 41.2. The fraction of sp³-hybridized carbons (Fsp3) is 0.500. The van der Waals surface area contributed by atoms with Gasteiger partial charge in [-0.15, -0.1) is 6.58 Å². The van der Waals surface area contributed by atoms with Crippen molar-refractivity contribution in [3.05, 3.63) is 42.5 Å². The lowest BCUT2D eigenvalue weighted by Crippen LogP contribution is -2.62. The summed E-state index contributed by atoms with van der Waals surface area (Å²) in [5.74, 6) is -1.87. The van der Waals surface area contributed by atoms with Gasteiger partial charge in [0.25, 0.3) is 0 Å². The molecule has 1 aliphatic heterocycles. The fourth-order valence-electron chi connectivity index (χ4n) is 3.21. The zero-order valence-electron chi connectivity index (χ0n) is 18.5. The van der Waals surface area contributed by atoms with Gasteiger partial charge in [0.2, 0.25) is 0 Å². The first-order chi connectivity index (χ1) is 15.1. The number of hydrogen-bond acceptors (Lipinski definition) is 9. The van der Waals surface area contributed by atoms with Gasteiger partial charge in [-0.1, -0.05) is 23.8 Å². The highest BCUT2D eigenvalue weighted by Gasteiger charge is 2.53. The molecule has 1 heterocycles. The molecule has 6 atom stereocenters. The summed E-state index contributed by atoms with van der Waals surface area (Å²) >= 11 is 0. The van der Waals surface area contributed by atoms with Crippen LogP contribution in [0.2, 0.25) is 0 Å². The van der Waals surface area contributed by atoms with E-state index >= 15 is 0 Å². The third-order valence-corrected chi connectivity index (χ3v) is 6.06. The van der Waals surface area contributed by atoms with Crippen LogP contribution in [-0.4, -0.2) is 65.2 Å². The molecule has 0 bridgehead atoms. The summed E-state index contributed by atoms with van der Waals surface area (Å²) in [7, 11) is -1.80. The van der Waals surface area contributed by atoms with E-state index in [0.717, 1.165) is 5.56 Å². The van der Waals surface area contributed by atoms with Crippen molar-refractivity contribution in [1.82, 2.24) is 0 Å². The maximum absolute atomic E-state index is 13.4. The van der Waals surface area contributed by atoms with Gasteiger partial charge < -0.3 is 23.7 Å². The second-order valence-electron chi connectivity index (χ2n) is 7.19. The number of carbonyl (C=O) groups excluding carboxylic acids is 3. The van der Waals surface area contributed by atoms with Crippen molar-refractivity contribution < 1.29 is 42.3 Å². The highest BCUT2D eigenvalue weighted by Crippen LogP contribution is 2.32. The summed E-state index contributed by atoms with van der Waals surface area (Å²) in [5.41, 5.74) is -0.203. The molecule has 1 aromatic carbocycles. The zero-order chi connectivity index (χ0) is 23.8. The van der Waals surface area contributed by atoms with Gasteiger partial charge in [0.15, 0.2) is 17.6 Å². The molecular formula is C22H28O9S. The molecule has 0 amide bonds. The van der Waals surface area contributed by atoms with Crippen LogP contribution >= 0.6 is 0 Å². The minimum atomic E-state index is -1.80. The third kappa shape index (κ3) is 6.98. The van der Waals surface area contributed by atoms with Crippen molar-refractivity contribution in [3.63, 3.8) is 0 Å². The Morgan fingerprint density at radius 1 is 1.00 bits per heavy atom. The van der Waals surface area contributed by atoms with E-state index in [1.54, 1.807) is 24.3 Å². The Morgan fingerprint density at radius 3 is 2.12 bits per heavy atom. The van der Waals surface area contributed by atoms with Crippen molar-refractivity contribution in [2.45, 2.75) is 62.4 Å². The second kappa shape index (κ2) is 11.9. The summed E-state index contributed by atoms with van der Waals surface area (Å²) in [4.78, 5) is 35.5. The Bertz CT molecular complexity index is 851. The van der Waals surface area contributed by atoms with Gasteiger partial charge in [0, 0.05) is 25.7 Å². The van der Waals surface area contributed by atoms with Gasteiger partial charge in [-0.2, -0.15) is 0 Å². The van der Waals surface area contributed by atoms with Crippen molar-refractivity contribution in [1.29, 1.82) is 0 Å². The van der Waals surface area contributed by atoms with Crippen LogP contribution in [0.3, 0.4) is 0 Å². The number of rotatable bonds is 9. The Morgan fingerprint density at radius 2 is 1.59 bits per heavy atom. The molecule has 0 saturated carbocycles. The summed E-state index contributed by atoms with van der Waals surface area (Å²) in [5, 5.41) is 0. The molecule has 9 nitrogen and oxygen atoms in total. The maximum atomic E-state index is 13.4. The highest BCUT2D eigenvalue weighted by molar-refractivity contribution is 7.85. The fourth-order valence-corrected chi connectivity index (χ4v) is 4.58. The summed E-state index contributed by atoms with van der Waals surface area (Å²) in [6.45, 7) is 8.86. The van der Waals surface area contributed by atoms with E-state index in [1.807, 2.05) is 6.92 Å². The predicted molar refractivity (Wildman–Crippen MR) is 114 cm³/mol. The first-order valence-corrected chi connectivity index (χ1v) is 11.2. The first kappa shape index (κ1) is 25.7. The molecule has 0 radical (unpaired) electrons. The molecule has 1 aliphatic rings. The molecule has 10 heteroatoms. The van der Waals surface area contributed by atoms with Crippen LogP contribution in [0.15, 0.2) is 41.8 Å². The van der Waals surface area contributed by atoms with E-state index in [1.165, 1.54) is 26.8 Å². The third-order valence-electron chi connectivity index (χ3n) is 4.52. The van der Waals surface area contributed by atoms with Crippen LogP contribution < -0.4 is 0 Å². The van der Waals surface area contributed by atoms with Gasteiger partial charge >= 0.3 is 17.9 Å². The Hall–Kier alpha value is -2.56. The minimum Gasteiger partial charge on any atom is -0.463 e. The molecule has 0 aliphatic carbocycles. The van der Waals surface area contributed by atoms with Crippen molar-refractivity contribution in [3.8, 4) is 0 Å². The molecule has 0 N–H and O–H groups in total. The first-order valence-electron chi connectivity index (χ1n) is 9.97. The largest absolute Gasteiger partial charge is 0.463 e. The molecule has 1 unspecified atom stereocenters. The van der Waals surface area contributed by atoms with Crippen molar-refractivity contribution in [2.75, 3.05) is 13.2 Å². The predicted octanol–water partition coefficient (Wildman–Crippen LogP) is 1.83. The Labute approximate surface area is 189 Å². The van der Waals surface area contributed by atoms with Gasteiger partial charge in [0.1, 0.15) is 18.8 Å². The lowest BCUT2D eigenvalue weighted by Gasteiger charge is -2.44. The molecule has 32 heavy (non-hydrogen) atoms. The number of ether oxygens (including phenoxy) is 5. The van der Waals surface area contributed by atoms with Gasteiger partial charge in [-0.25, -0.2) is 0 Å². The molecule has 1 fully saturated rings. The van der Waals surface area contributed by atoms with E-state index in [0.29, 0.717) is 4.90 Å². The Balaban J connectivity index is 2.49. The van der Waals surface area contributed by atoms with Crippen molar-refractivity contribution >= 4 is 28.7 Å². The maximum Gasteiger partial charge on any atom is 0.303 e. The molecule has 0 aromatic heterocycles. The number of esters is 3. The van der Waals surface area contributed by atoms with Crippen LogP contribution in [0.4, 0.5) is 0 Å². The van der Waals surface area contributed by atoms with Crippen molar-refractivity contribution in [2.24, 2.45) is 0 Å². The normalized spacial score (nSPS) is 25.9. The average Bonchev–Trinajstić information content (AvgIpc) is 2.72. The minimum absolute atomic E-state index is 0.0321. The van der Waals surface area contributed by atoms with E-state index in [4.69, 9.17) is 23.7 Å². The molecule has 1 saturated heterocycles. The number of carbonyl (C=O) groups is 3. The second-order valence-corrected chi connectivity index (χ2v) is 8.72. The topological polar surface area (TPSA) is 114 Å². The Kier molecular flexibility index (Phi) is 9.55. The number of hydrogen-bond donors (Lipinski definition) is 0. The monoisotopic (exact) mass is 468 g/mol. The van der Waals surface area contributed by atoms with E-state index in [9.17, 15) is 18.6 Å². The molecule has 176 valence electrons. The van der Waals surface area contributed by atoms with Gasteiger partial charge in [-0.05, 0) is 19.1 Å². The SMILES string of the molecule is C=CCO[C@@H]1[C@@H](OC(C)=O)[C@H](S(=O)c2ccc(C)cc2)O[C@H](COC(C)=O)[C@H]1OC(C)=O.